The van der Waals surface area contributed by atoms with Crippen LogP contribution in [0, 0.1) is 17.0 Å². The predicted octanol–water partition coefficient (Wildman–Crippen LogP) is 2.16. The molecule has 0 amide bonds. The number of nitrogens with zero attached hydrogens (tertiary/aromatic N) is 3. The first-order valence-corrected chi connectivity index (χ1v) is 5.83. The van der Waals surface area contributed by atoms with E-state index in [-0.39, 0.29) is 22.9 Å². The minimum Gasteiger partial charge on any atom is -0.292 e. The van der Waals surface area contributed by atoms with Crippen molar-refractivity contribution in [1.82, 2.24) is 9.55 Å². The van der Waals surface area contributed by atoms with E-state index in [1.807, 2.05) is 0 Å². The standard InChI is InChI=1S/C12H10ClN3O3/c1-8-14-11(13)6-12(17)15(8)7-9-4-2-3-5-10(9)16(18)19/h2-6H,7H2,1H3. The average Bonchev–Trinajstić information content (AvgIpc) is 2.34. The van der Waals surface area contributed by atoms with Gasteiger partial charge in [-0.3, -0.25) is 19.5 Å². The van der Waals surface area contributed by atoms with Crippen molar-refractivity contribution in [2.24, 2.45) is 0 Å². The van der Waals surface area contributed by atoms with Gasteiger partial charge >= 0.3 is 0 Å². The van der Waals surface area contributed by atoms with Crippen molar-refractivity contribution in [1.29, 1.82) is 0 Å². The third-order valence-corrected chi connectivity index (χ3v) is 2.88. The fraction of sp³-hybridized carbons (Fsp3) is 0.167. The molecule has 0 aliphatic heterocycles. The number of rotatable bonds is 3. The third kappa shape index (κ3) is 2.79. The summed E-state index contributed by atoms with van der Waals surface area (Å²) in [6, 6.07) is 7.46. The number of para-hydroxylation sites is 1. The highest BCUT2D eigenvalue weighted by Crippen LogP contribution is 2.18. The molecule has 2 aromatic rings. The highest BCUT2D eigenvalue weighted by molar-refractivity contribution is 6.29. The summed E-state index contributed by atoms with van der Waals surface area (Å²) in [5, 5.41) is 11.0. The monoisotopic (exact) mass is 279 g/mol. The lowest BCUT2D eigenvalue weighted by molar-refractivity contribution is -0.385. The Labute approximate surface area is 113 Å². The van der Waals surface area contributed by atoms with Gasteiger partial charge in [-0.25, -0.2) is 4.98 Å². The van der Waals surface area contributed by atoms with E-state index in [1.54, 1.807) is 25.1 Å². The molecule has 0 spiro atoms. The van der Waals surface area contributed by atoms with E-state index in [1.165, 1.54) is 16.7 Å². The van der Waals surface area contributed by atoms with E-state index in [0.717, 1.165) is 0 Å². The average molecular weight is 280 g/mol. The Balaban J connectivity index is 2.48. The highest BCUT2D eigenvalue weighted by Gasteiger charge is 2.14. The van der Waals surface area contributed by atoms with Crippen molar-refractivity contribution in [2.45, 2.75) is 13.5 Å². The summed E-state index contributed by atoms with van der Waals surface area (Å²) in [5.74, 6) is 0.413. The van der Waals surface area contributed by atoms with Gasteiger partial charge in [0.1, 0.15) is 11.0 Å². The minimum atomic E-state index is -0.473. The van der Waals surface area contributed by atoms with Crippen molar-refractivity contribution in [3.63, 3.8) is 0 Å². The number of nitro groups is 1. The lowest BCUT2D eigenvalue weighted by Gasteiger charge is -2.09. The Bertz CT molecular complexity index is 697. The molecule has 6 nitrogen and oxygen atoms in total. The van der Waals surface area contributed by atoms with Crippen molar-refractivity contribution >= 4 is 17.3 Å². The maximum atomic E-state index is 11.8. The topological polar surface area (TPSA) is 78.0 Å². The molecule has 2 rings (SSSR count). The fourth-order valence-electron chi connectivity index (χ4n) is 1.77. The molecule has 0 atom stereocenters. The predicted molar refractivity (Wildman–Crippen MR) is 70.4 cm³/mol. The number of aromatic nitrogens is 2. The van der Waals surface area contributed by atoms with Gasteiger partial charge in [0.25, 0.3) is 11.2 Å². The van der Waals surface area contributed by atoms with E-state index in [2.05, 4.69) is 4.98 Å². The van der Waals surface area contributed by atoms with Crippen LogP contribution in [0.15, 0.2) is 35.1 Å². The van der Waals surface area contributed by atoms with Crippen LogP contribution in [-0.2, 0) is 6.54 Å². The number of benzene rings is 1. The summed E-state index contributed by atoms with van der Waals surface area (Å²) in [5.41, 5.74) is 0.0845. The van der Waals surface area contributed by atoms with Gasteiger partial charge in [0.2, 0.25) is 0 Å². The summed E-state index contributed by atoms with van der Waals surface area (Å²) in [7, 11) is 0. The summed E-state index contributed by atoms with van der Waals surface area (Å²) in [4.78, 5) is 26.2. The van der Waals surface area contributed by atoms with Crippen molar-refractivity contribution in [3.05, 3.63) is 67.3 Å². The molecule has 0 radical (unpaired) electrons. The smallest absolute Gasteiger partial charge is 0.274 e. The molecule has 7 heteroatoms. The van der Waals surface area contributed by atoms with Gasteiger partial charge in [-0.2, -0.15) is 0 Å². The van der Waals surface area contributed by atoms with Gasteiger partial charge in [-0.15, -0.1) is 0 Å². The van der Waals surface area contributed by atoms with Gasteiger partial charge in [0, 0.05) is 17.7 Å². The maximum Gasteiger partial charge on any atom is 0.274 e. The summed E-state index contributed by atoms with van der Waals surface area (Å²) in [6.07, 6.45) is 0. The second-order valence-electron chi connectivity index (χ2n) is 3.94. The number of aryl methyl sites for hydroxylation is 1. The molecule has 1 aromatic carbocycles. The molecule has 0 aliphatic carbocycles. The Hall–Kier alpha value is -2.21. The molecule has 0 bridgehead atoms. The van der Waals surface area contributed by atoms with E-state index in [9.17, 15) is 14.9 Å². The Morgan fingerprint density at radius 1 is 1.42 bits per heavy atom. The van der Waals surface area contributed by atoms with Crippen molar-refractivity contribution in [3.8, 4) is 0 Å². The van der Waals surface area contributed by atoms with Crippen LogP contribution in [0.1, 0.15) is 11.4 Å². The molecule has 0 saturated carbocycles. The molecule has 0 fully saturated rings. The Morgan fingerprint density at radius 3 is 2.74 bits per heavy atom. The molecule has 0 saturated heterocycles. The number of hydrogen-bond acceptors (Lipinski definition) is 4. The second-order valence-corrected chi connectivity index (χ2v) is 4.32. The quantitative estimate of drug-likeness (QED) is 0.490. The van der Waals surface area contributed by atoms with Crippen LogP contribution in [0.25, 0.3) is 0 Å². The van der Waals surface area contributed by atoms with E-state index >= 15 is 0 Å². The first kappa shape index (κ1) is 13.2. The van der Waals surface area contributed by atoms with E-state index in [4.69, 9.17) is 11.6 Å². The number of hydrogen-bond donors (Lipinski definition) is 0. The highest BCUT2D eigenvalue weighted by atomic mass is 35.5. The van der Waals surface area contributed by atoms with Gasteiger partial charge in [-0.1, -0.05) is 29.8 Å². The van der Waals surface area contributed by atoms with Gasteiger partial charge in [0.15, 0.2) is 0 Å². The fourth-order valence-corrected chi connectivity index (χ4v) is 1.99. The molecular formula is C12H10ClN3O3. The molecule has 1 aromatic heterocycles. The third-order valence-electron chi connectivity index (χ3n) is 2.68. The lowest BCUT2D eigenvalue weighted by atomic mass is 10.2. The normalized spacial score (nSPS) is 10.4. The molecule has 1 heterocycles. The molecular weight excluding hydrogens is 270 g/mol. The van der Waals surface area contributed by atoms with Crippen LogP contribution < -0.4 is 5.56 Å². The van der Waals surface area contributed by atoms with Crippen LogP contribution in [-0.4, -0.2) is 14.5 Å². The van der Waals surface area contributed by atoms with Crippen molar-refractivity contribution in [2.75, 3.05) is 0 Å². The molecule has 19 heavy (non-hydrogen) atoms. The van der Waals surface area contributed by atoms with Crippen LogP contribution in [0.3, 0.4) is 0 Å². The number of nitro benzene ring substituents is 1. The number of halogens is 1. The zero-order valence-corrected chi connectivity index (χ0v) is 10.8. The van der Waals surface area contributed by atoms with E-state index in [0.29, 0.717) is 11.4 Å². The zero-order chi connectivity index (χ0) is 14.0. The molecule has 0 unspecified atom stereocenters. The van der Waals surface area contributed by atoms with Gasteiger partial charge in [0.05, 0.1) is 11.5 Å². The first-order chi connectivity index (χ1) is 8.99. The Morgan fingerprint density at radius 2 is 2.11 bits per heavy atom. The summed E-state index contributed by atoms with van der Waals surface area (Å²) < 4.78 is 1.34. The minimum absolute atomic E-state index is 0.0243. The zero-order valence-electron chi connectivity index (χ0n) is 10.0. The second kappa shape index (κ2) is 5.19. The maximum absolute atomic E-state index is 11.8. The van der Waals surface area contributed by atoms with Crippen LogP contribution in [0.2, 0.25) is 5.15 Å². The van der Waals surface area contributed by atoms with Crippen molar-refractivity contribution < 1.29 is 4.92 Å². The van der Waals surface area contributed by atoms with Gasteiger partial charge in [-0.05, 0) is 6.92 Å². The Kier molecular flexibility index (Phi) is 3.62. The molecule has 0 aliphatic rings. The molecule has 0 N–H and O–H groups in total. The van der Waals surface area contributed by atoms with Crippen LogP contribution >= 0.6 is 11.6 Å². The summed E-state index contributed by atoms with van der Waals surface area (Å²) >= 11 is 5.67. The summed E-state index contributed by atoms with van der Waals surface area (Å²) in [6.45, 7) is 1.72. The van der Waals surface area contributed by atoms with Gasteiger partial charge < -0.3 is 0 Å². The van der Waals surface area contributed by atoms with E-state index < -0.39 is 4.92 Å². The SMILES string of the molecule is Cc1nc(Cl)cc(=O)n1Cc1ccccc1[N+](=O)[O-]. The molecule has 98 valence electrons. The lowest BCUT2D eigenvalue weighted by Crippen LogP contribution is -2.23. The largest absolute Gasteiger partial charge is 0.292 e. The van der Waals surface area contributed by atoms with Crippen LogP contribution in [0.4, 0.5) is 5.69 Å². The van der Waals surface area contributed by atoms with Crippen LogP contribution in [0.5, 0.6) is 0 Å². The first-order valence-electron chi connectivity index (χ1n) is 5.45.